The van der Waals surface area contributed by atoms with Gasteiger partial charge in [-0.2, -0.15) is 0 Å². The van der Waals surface area contributed by atoms with E-state index in [1.807, 2.05) is 31.2 Å². The molecular formula is C32H27F2N3O4. The molecule has 1 unspecified atom stereocenters. The highest BCUT2D eigenvalue weighted by Gasteiger charge is 2.40. The minimum Gasteiger partial charge on any atom is -0.491 e. The number of H-pyrrole nitrogens is 2. The minimum atomic E-state index is -0.606. The molecule has 208 valence electrons. The van der Waals surface area contributed by atoms with E-state index < -0.39 is 23.0 Å². The Hall–Kier alpha value is -4.92. The summed E-state index contributed by atoms with van der Waals surface area (Å²) in [5, 5.41) is 0.839. The van der Waals surface area contributed by atoms with Gasteiger partial charge >= 0.3 is 5.97 Å². The normalized spacial score (nSPS) is 16.2. The maximum Gasteiger partial charge on any atom is 0.330 e. The number of halogens is 2. The van der Waals surface area contributed by atoms with Gasteiger partial charge in [-0.1, -0.05) is 18.2 Å². The van der Waals surface area contributed by atoms with E-state index in [4.69, 9.17) is 14.2 Å². The molecule has 41 heavy (non-hydrogen) atoms. The fourth-order valence-electron chi connectivity index (χ4n) is 5.20. The van der Waals surface area contributed by atoms with Gasteiger partial charge in [-0.3, -0.25) is 0 Å². The lowest BCUT2D eigenvalue weighted by molar-refractivity contribution is -0.137. The Labute approximate surface area is 234 Å². The Kier molecular flexibility index (Phi) is 6.57. The van der Waals surface area contributed by atoms with Gasteiger partial charge in [0.1, 0.15) is 29.7 Å². The van der Waals surface area contributed by atoms with Gasteiger partial charge in [-0.15, -0.1) is 0 Å². The minimum absolute atomic E-state index is 0.0785. The molecule has 2 N–H and O–H groups in total. The highest BCUT2D eigenvalue weighted by molar-refractivity contribution is 5.88. The van der Waals surface area contributed by atoms with Crippen LogP contribution in [0.15, 0.2) is 67.0 Å². The lowest BCUT2D eigenvalue weighted by Gasteiger charge is -2.21. The first-order valence-electron chi connectivity index (χ1n) is 13.2. The predicted octanol–water partition coefficient (Wildman–Crippen LogP) is 7.21. The lowest BCUT2D eigenvalue weighted by atomic mass is 9.81. The van der Waals surface area contributed by atoms with E-state index in [0.717, 1.165) is 22.2 Å². The number of carbonyl (C=O) groups excluding carboxylic acids is 1. The lowest BCUT2D eigenvalue weighted by Crippen LogP contribution is -2.25. The molecule has 7 nitrogen and oxygen atoms in total. The maximum absolute atomic E-state index is 15.0. The zero-order valence-electron chi connectivity index (χ0n) is 22.7. The van der Waals surface area contributed by atoms with Gasteiger partial charge in [0.25, 0.3) is 0 Å². The largest absolute Gasteiger partial charge is 0.491 e. The number of ether oxygens (including phenoxy) is 3. The summed E-state index contributed by atoms with van der Waals surface area (Å²) >= 11 is 0. The van der Waals surface area contributed by atoms with E-state index in [9.17, 15) is 9.18 Å². The summed E-state index contributed by atoms with van der Waals surface area (Å²) < 4.78 is 46.9. The smallest absolute Gasteiger partial charge is 0.330 e. The third-order valence-corrected chi connectivity index (χ3v) is 7.43. The van der Waals surface area contributed by atoms with Crippen molar-refractivity contribution in [2.24, 2.45) is 0 Å². The number of nitrogens with zero attached hydrogens (tertiary/aromatic N) is 1. The number of fused-ring (bicyclic) bond motifs is 2. The van der Waals surface area contributed by atoms with Crippen LogP contribution in [0.25, 0.3) is 28.4 Å². The molecule has 1 atom stereocenters. The van der Waals surface area contributed by atoms with Crippen LogP contribution < -0.4 is 9.47 Å². The summed E-state index contributed by atoms with van der Waals surface area (Å²) in [7, 11) is 0. The Morgan fingerprint density at radius 1 is 1.17 bits per heavy atom. The fraction of sp³-hybridized carbons (Fsp3) is 0.188. The quantitative estimate of drug-likeness (QED) is 0.164. The second kappa shape index (κ2) is 10.2. The van der Waals surface area contributed by atoms with Crippen molar-refractivity contribution in [1.82, 2.24) is 15.0 Å². The molecule has 0 aliphatic carbocycles. The van der Waals surface area contributed by atoms with Crippen molar-refractivity contribution >= 4 is 22.9 Å². The second-order valence-electron chi connectivity index (χ2n) is 10.1. The maximum atomic E-state index is 15.0. The average Bonchev–Trinajstić information content (AvgIpc) is 3.71. The molecule has 6 rings (SSSR count). The van der Waals surface area contributed by atoms with E-state index in [1.165, 1.54) is 30.3 Å². The van der Waals surface area contributed by atoms with Gasteiger partial charge in [-0.25, -0.2) is 18.6 Å². The number of rotatable bonds is 7. The molecule has 5 aromatic rings. The molecule has 9 heteroatoms. The van der Waals surface area contributed by atoms with Crippen molar-refractivity contribution in [3.05, 3.63) is 101 Å². The molecule has 3 aromatic carbocycles. The van der Waals surface area contributed by atoms with Gasteiger partial charge in [-0.05, 0) is 51.1 Å². The standard InChI is InChI=1S/C32H27F2N3O4/c1-4-39-28(38)11-8-19-6-5-7-23-30(19)40-17-32(23,3)27-16-36-31(37-27)22-14-20(9-10-24(22)33)41-29-18(2)21-12-13-35-26(21)15-25(29)34/h5-16,35H,4,17H2,1-3H3,(H,36,37)/b11-8-. The van der Waals surface area contributed by atoms with Gasteiger partial charge in [0.2, 0.25) is 0 Å². The number of nitrogens with one attached hydrogen (secondary N) is 2. The second-order valence-corrected chi connectivity index (χ2v) is 10.1. The van der Waals surface area contributed by atoms with Gasteiger partial charge < -0.3 is 24.2 Å². The summed E-state index contributed by atoms with van der Waals surface area (Å²) in [6.45, 7) is 6.15. The third kappa shape index (κ3) is 4.63. The molecule has 0 fully saturated rings. The molecular weight excluding hydrogens is 528 g/mol. The SMILES string of the molecule is CCOC(=O)/C=C\c1cccc2c1OCC2(C)c1cnc(-c2cc(Oc3c(F)cc4[nH]ccc4c3C)ccc2F)[nH]1. The number of benzene rings is 3. The van der Waals surface area contributed by atoms with Crippen LogP contribution in [0.1, 0.15) is 36.2 Å². The van der Waals surface area contributed by atoms with Gasteiger partial charge in [0.15, 0.2) is 11.6 Å². The predicted molar refractivity (Wildman–Crippen MR) is 151 cm³/mol. The number of aryl methyl sites for hydroxylation is 1. The zero-order chi connectivity index (χ0) is 28.7. The van der Waals surface area contributed by atoms with Gasteiger partial charge in [0.05, 0.1) is 17.6 Å². The monoisotopic (exact) mass is 555 g/mol. The molecule has 1 aliphatic heterocycles. The topological polar surface area (TPSA) is 89.2 Å². The molecule has 2 aromatic heterocycles. The van der Waals surface area contributed by atoms with Crippen LogP contribution >= 0.6 is 0 Å². The molecule has 0 spiro atoms. The summed E-state index contributed by atoms with van der Waals surface area (Å²) in [6.07, 6.45) is 6.43. The van der Waals surface area contributed by atoms with Crippen LogP contribution in [0.2, 0.25) is 0 Å². The zero-order valence-corrected chi connectivity index (χ0v) is 22.7. The Balaban J connectivity index is 1.30. The van der Waals surface area contributed by atoms with Crippen LogP contribution in [0.3, 0.4) is 0 Å². The van der Waals surface area contributed by atoms with E-state index in [0.29, 0.717) is 35.9 Å². The van der Waals surface area contributed by atoms with Crippen molar-refractivity contribution < 1.29 is 27.8 Å². The number of imidazole rings is 1. The Morgan fingerprint density at radius 3 is 2.85 bits per heavy atom. The molecule has 0 radical (unpaired) electrons. The van der Waals surface area contributed by atoms with Crippen LogP contribution in [0.5, 0.6) is 17.2 Å². The Morgan fingerprint density at radius 2 is 2.02 bits per heavy atom. The molecule has 0 saturated heterocycles. The number of aromatic amines is 2. The van der Waals surface area contributed by atoms with Crippen molar-refractivity contribution in [2.75, 3.05) is 13.2 Å². The molecule has 0 amide bonds. The summed E-state index contributed by atoms with van der Waals surface area (Å²) in [5.74, 6) is -0.145. The van der Waals surface area contributed by atoms with Crippen molar-refractivity contribution in [1.29, 1.82) is 0 Å². The highest BCUT2D eigenvalue weighted by atomic mass is 19.1. The van der Waals surface area contributed by atoms with E-state index in [-0.39, 0.29) is 17.1 Å². The summed E-state index contributed by atoms with van der Waals surface area (Å²) in [6, 6.07) is 13.2. The summed E-state index contributed by atoms with van der Waals surface area (Å²) in [5.41, 5.74) is 3.26. The first-order chi connectivity index (χ1) is 19.8. The number of aromatic nitrogens is 3. The van der Waals surface area contributed by atoms with Crippen LogP contribution in [-0.4, -0.2) is 34.1 Å². The van der Waals surface area contributed by atoms with E-state index >= 15 is 4.39 Å². The molecule has 0 bridgehead atoms. The Bertz CT molecular complexity index is 1820. The highest BCUT2D eigenvalue weighted by Crippen LogP contribution is 2.45. The number of para-hydroxylation sites is 1. The number of esters is 1. The van der Waals surface area contributed by atoms with E-state index in [1.54, 1.807) is 32.3 Å². The van der Waals surface area contributed by atoms with Crippen molar-refractivity contribution in [3.8, 4) is 28.6 Å². The third-order valence-electron chi connectivity index (χ3n) is 7.43. The van der Waals surface area contributed by atoms with Crippen LogP contribution in [-0.2, 0) is 14.9 Å². The first-order valence-corrected chi connectivity index (χ1v) is 13.2. The average molecular weight is 556 g/mol. The van der Waals surface area contributed by atoms with Crippen LogP contribution in [0, 0.1) is 18.6 Å². The molecule has 1 aliphatic rings. The van der Waals surface area contributed by atoms with Crippen molar-refractivity contribution in [2.45, 2.75) is 26.2 Å². The summed E-state index contributed by atoms with van der Waals surface area (Å²) in [4.78, 5) is 22.5. The fourth-order valence-corrected chi connectivity index (χ4v) is 5.20. The number of hydrogen-bond donors (Lipinski definition) is 2. The van der Waals surface area contributed by atoms with Crippen molar-refractivity contribution in [3.63, 3.8) is 0 Å². The van der Waals surface area contributed by atoms with E-state index in [2.05, 4.69) is 15.0 Å². The molecule has 0 saturated carbocycles. The van der Waals surface area contributed by atoms with Crippen LogP contribution in [0.4, 0.5) is 8.78 Å². The molecule has 3 heterocycles. The number of carbonyl (C=O) groups is 1. The van der Waals surface area contributed by atoms with Gasteiger partial charge in [0, 0.05) is 57.8 Å². The first kappa shape index (κ1) is 26.3. The number of hydrogen-bond acceptors (Lipinski definition) is 5.